The third-order valence-electron chi connectivity index (χ3n) is 16.5. The Kier molecular flexibility index (Phi) is 67.9. The zero-order valence-corrected chi connectivity index (χ0v) is 54.3. The highest BCUT2D eigenvalue weighted by Gasteiger charge is 2.18. The number of aliphatic hydroxyl groups excluding tert-OH is 2. The molecule has 0 fully saturated rings. The molecule has 0 aromatic heterocycles. The molecule has 0 radical (unpaired) electrons. The Balaban J connectivity index is 3.48. The van der Waals surface area contributed by atoms with E-state index >= 15 is 0 Å². The van der Waals surface area contributed by atoms with Gasteiger partial charge in [-0.2, -0.15) is 0 Å². The van der Waals surface area contributed by atoms with Crippen molar-refractivity contribution >= 4 is 11.9 Å². The van der Waals surface area contributed by atoms with E-state index in [0.29, 0.717) is 19.4 Å². The maximum Gasteiger partial charge on any atom is 0.305 e. The van der Waals surface area contributed by atoms with Gasteiger partial charge in [0.2, 0.25) is 5.91 Å². The van der Waals surface area contributed by atoms with Crippen LogP contribution in [0.15, 0.2) is 60.8 Å². The molecule has 6 heteroatoms. The normalized spacial score (nSPS) is 12.9. The molecule has 0 saturated heterocycles. The summed E-state index contributed by atoms with van der Waals surface area (Å²) in [5.74, 6) is -0.113. The average molecular weight is 1130 g/mol. The topological polar surface area (TPSA) is 95.9 Å². The maximum absolute atomic E-state index is 12.5. The van der Waals surface area contributed by atoms with Crippen LogP contribution in [0, 0.1) is 0 Å². The summed E-state index contributed by atoms with van der Waals surface area (Å²) in [6, 6.07) is -0.635. The third-order valence-corrected chi connectivity index (χ3v) is 16.5. The molecule has 2 atom stereocenters. The number of ether oxygens (including phenoxy) is 1. The largest absolute Gasteiger partial charge is 0.465 e. The van der Waals surface area contributed by atoms with Crippen LogP contribution in [0.4, 0.5) is 0 Å². The van der Waals surface area contributed by atoms with E-state index in [1.54, 1.807) is 6.08 Å². The van der Waals surface area contributed by atoms with Crippen molar-refractivity contribution in [3.63, 3.8) is 0 Å². The number of aliphatic hydroxyl groups is 2. The Morgan fingerprint density at radius 3 is 0.951 bits per heavy atom. The van der Waals surface area contributed by atoms with E-state index in [1.165, 1.54) is 295 Å². The first-order valence-corrected chi connectivity index (χ1v) is 36.1. The second-order valence-electron chi connectivity index (χ2n) is 24.6. The van der Waals surface area contributed by atoms with Crippen molar-refractivity contribution in [2.45, 2.75) is 392 Å². The smallest absolute Gasteiger partial charge is 0.305 e. The minimum absolute atomic E-state index is 0.0430. The van der Waals surface area contributed by atoms with Crippen molar-refractivity contribution in [1.82, 2.24) is 5.32 Å². The van der Waals surface area contributed by atoms with Gasteiger partial charge in [0.05, 0.1) is 25.4 Å². The molecule has 0 spiro atoms. The van der Waals surface area contributed by atoms with Crippen LogP contribution in [-0.2, 0) is 14.3 Å². The van der Waals surface area contributed by atoms with Crippen LogP contribution in [0.3, 0.4) is 0 Å². The van der Waals surface area contributed by atoms with E-state index in [1.807, 2.05) is 6.08 Å². The highest BCUT2D eigenvalue weighted by molar-refractivity contribution is 5.76. The lowest BCUT2D eigenvalue weighted by Crippen LogP contribution is -2.45. The van der Waals surface area contributed by atoms with Gasteiger partial charge >= 0.3 is 5.97 Å². The Hall–Kier alpha value is -2.44. The SMILES string of the molecule is CCCCCC/C=C\C/C=C\CCCCCCCCCC(=O)OCC/C=C\C/C=C\CCCCCCCCCCCCCCCCC(=O)NC(CO)C(O)/C=C/CCCCCCCCCCCCCCCCCCCCCCCCC. The summed E-state index contributed by atoms with van der Waals surface area (Å²) in [5, 5.41) is 23.3. The zero-order chi connectivity index (χ0) is 58.5. The number of rotatable bonds is 67. The second-order valence-corrected chi connectivity index (χ2v) is 24.6. The van der Waals surface area contributed by atoms with Crippen molar-refractivity contribution in [3.05, 3.63) is 60.8 Å². The number of amides is 1. The number of esters is 1. The minimum atomic E-state index is -0.851. The summed E-state index contributed by atoms with van der Waals surface area (Å²) >= 11 is 0. The molecule has 6 nitrogen and oxygen atoms in total. The fourth-order valence-electron chi connectivity index (χ4n) is 11.0. The molecular weight excluding hydrogens is 995 g/mol. The second kappa shape index (κ2) is 70.0. The number of allylic oxidation sites excluding steroid dienone is 8. The number of carbonyl (C=O) groups is 2. The number of carbonyl (C=O) groups excluding carboxylic acids is 2. The summed E-state index contributed by atoms with van der Waals surface area (Å²) < 4.78 is 5.43. The van der Waals surface area contributed by atoms with Gasteiger partial charge in [0.15, 0.2) is 0 Å². The Bertz CT molecular complexity index is 1400. The van der Waals surface area contributed by atoms with Gasteiger partial charge in [-0.15, -0.1) is 0 Å². The van der Waals surface area contributed by atoms with Gasteiger partial charge in [0.25, 0.3) is 0 Å². The van der Waals surface area contributed by atoms with Gasteiger partial charge in [0, 0.05) is 12.8 Å². The standard InChI is InChI=1S/C75H139NO5/c1-3-5-7-9-11-13-15-17-19-21-23-24-25-26-27-29-32-35-39-43-47-51-55-59-63-67-73(78)72(71-77)76-74(79)68-64-60-56-52-48-44-40-36-33-30-28-31-34-38-42-46-50-54-58-62-66-70-81-75(80)69-65-61-57-53-49-45-41-37-22-20-18-16-14-12-10-8-6-4-2/h14,16,20,22,46,50,58,62-63,67,72-73,77-78H,3-13,15,17-19,21,23-45,47-49,51-57,59-61,64-66,68-71H2,1-2H3,(H,76,79)/b16-14-,22-20-,50-46-,62-58-,67-63+. The maximum atomic E-state index is 12.5. The fraction of sp³-hybridized carbons (Fsp3) is 0.840. The first-order valence-electron chi connectivity index (χ1n) is 36.1. The predicted octanol–water partition coefficient (Wildman–Crippen LogP) is 23.4. The molecule has 0 aromatic rings. The summed E-state index contributed by atoms with van der Waals surface area (Å²) in [6.07, 6.45) is 93.1. The summed E-state index contributed by atoms with van der Waals surface area (Å²) in [4.78, 5) is 24.6. The molecule has 1 amide bonds. The van der Waals surface area contributed by atoms with Crippen LogP contribution in [-0.4, -0.2) is 47.4 Å². The molecule has 0 aliphatic rings. The highest BCUT2D eigenvalue weighted by atomic mass is 16.5. The number of nitrogens with one attached hydrogen (secondary N) is 1. The quantitative estimate of drug-likeness (QED) is 0.0320. The summed E-state index contributed by atoms with van der Waals surface area (Å²) in [7, 11) is 0. The van der Waals surface area contributed by atoms with Gasteiger partial charge in [-0.05, 0) is 83.5 Å². The van der Waals surface area contributed by atoms with Crippen molar-refractivity contribution < 1.29 is 24.5 Å². The zero-order valence-electron chi connectivity index (χ0n) is 54.3. The van der Waals surface area contributed by atoms with Gasteiger partial charge in [-0.1, -0.05) is 344 Å². The minimum Gasteiger partial charge on any atom is -0.465 e. The van der Waals surface area contributed by atoms with Gasteiger partial charge in [0.1, 0.15) is 0 Å². The van der Waals surface area contributed by atoms with E-state index in [4.69, 9.17) is 4.74 Å². The molecule has 474 valence electrons. The van der Waals surface area contributed by atoms with Crippen molar-refractivity contribution in [3.8, 4) is 0 Å². The van der Waals surface area contributed by atoms with Crippen molar-refractivity contribution in [2.75, 3.05) is 13.2 Å². The van der Waals surface area contributed by atoms with Crippen LogP contribution in [0.5, 0.6) is 0 Å². The number of hydrogen-bond acceptors (Lipinski definition) is 5. The summed E-state index contributed by atoms with van der Waals surface area (Å²) in [6.45, 7) is 4.80. The fourth-order valence-corrected chi connectivity index (χ4v) is 11.0. The molecule has 81 heavy (non-hydrogen) atoms. The third kappa shape index (κ3) is 66.6. The molecule has 0 rings (SSSR count). The molecule has 3 N–H and O–H groups in total. The van der Waals surface area contributed by atoms with E-state index in [2.05, 4.69) is 67.8 Å². The van der Waals surface area contributed by atoms with E-state index in [-0.39, 0.29) is 18.5 Å². The highest BCUT2D eigenvalue weighted by Crippen LogP contribution is 2.18. The van der Waals surface area contributed by atoms with Crippen molar-refractivity contribution in [2.24, 2.45) is 0 Å². The van der Waals surface area contributed by atoms with Crippen LogP contribution >= 0.6 is 0 Å². The van der Waals surface area contributed by atoms with E-state index in [9.17, 15) is 19.8 Å². The summed E-state index contributed by atoms with van der Waals surface area (Å²) in [5.41, 5.74) is 0. The molecular formula is C75H139NO5. The van der Waals surface area contributed by atoms with Gasteiger partial charge < -0.3 is 20.3 Å². The van der Waals surface area contributed by atoms with Crippen molar-refractivity contribution in [1.29, 1.82) is 0 Å². The van der Waals surface area contributed by atoms with Gasteiger partial charge in [-0.25, -0.2) is 0 Å². The van der Waals surface area contributed by atoms with Crippen LogP contribution in [0.1, 0.15) is 380 Å². The lowest BCUT2D eigenvalue weighted by Gasteiger charge is -2.20. The lowest BCUT2D eigenvalue weighted by molar-refractivity contribution is -0.143. The average Bonchev–Trinajstić information content (AvgIpc) is 3.47. The first kappa shape index (κ1) is 78.6. The first-order chi connectivity index (χ1) is 40.0. The molecule has 0 aliphatic carbocycles. The Morgan fingerprint density at radius 2 is 0.617 bits per heavy atom. The molecule has 0 heterocycles. The van der Waals surface area contributed by atoms with E-state index < -0.39 is 12.1 Å². The van der Waals surface area contributed by atoms with Gasteiger partial charge in [-0.3, -0.25) is 9.59 Å². The Morgan fingerprint density at radius 1 is 0.346 bits per heavy atom. The number of unbranched alkanes of at least 4 members (excludes halogenated alkanes) is 48. The predicted molar refractivity (Wildman–Crippen MR) is 356 cm³/mol. The monoisotopic (exact) mass is 1130 g/mol. The molecule has 0 saturated carbocycles. The van der Waals surface area contributed by atoms with Crippen LogP contribution in [0.25, 0.3) is 0 Å². The lowest BCUT2D eigenvalue weighted by atomic mass is 10.0. The molecule has 2 unspecified atom stereocenters. The molecule has 0 aliphatic heterocycles. The number of hydrogen-bond donors (Lipinski definition) is 3. The molecule has 0 bridgehead atoms. The molecule has 0 aromatic carbocycles. The Labute approximate surface area is 505 Å². The van der Waals surface area contributed by atoms with E-state index in [0.717, 1.165) is 57.8 Å². The van der Waals surface area contributed by atoms with Crippen LogP contribution < -0.4 is 5.32 Å². The van der Waals surface area contributed by atoms with Crippen LogP contribution in [0.2, 0.25) is 0 Å².